The molecule has 41 heavy (non-hydrogen) atoms. The minimum Gasteiger partial charge on any atom is -0.507 e. The molecule has 0 radical (unpaired) electrons. The molecule has 2 bridgehead atoms. The van der Waals surface area contributed by atoms with Crippen molar-refractivity contribution in [2.24, 2.45) is 5.41 Å². The van der Waals surface area contributed by atoms with E-state index in [0.717, 1.165) is 5.69 Å². The molecule has 1 aliphatic heterocycles. The third kappa shape index (κ3) is 3.31. The number of hydrogen-bond acceptors (Lipinski definition) is 7. The highest BCUT2D eigenvalue weighted by atomic mass is 16.3. The summed E-state index contributed by atoms with van der Waals surface area (Å²) >= 11 is 0. The van der Waals surface area contributed by atoms with Crippen LogP contribution in [-0.2, 0) is 12.0 Å². The lowest BCUT2D eigenvalue weighted by atomic mass is 9.69. The predicted molar refractivity (Wildman–Crippen MR) is 154 cm³/mol. The van der Waals surface area contributed by atoms with Gasteiger partial charge in [0.25, 0.3) is 0 Å². The van der Waals surface area contributed by atoms with Gasteiger partial charge in [-0.05, 0) is 54.8 Å². The van der Waals surface area contributed by atoms with Crippen molar-refractivity contribution in [1.29, 1.82) is 0 Å². The summed E-state index contributed by atoms with van der Waals surface area (Å²) in [6, 6.07) is 15.5. The van der Waals surface area contributed by atoms with Crippen LogP contribution in [0, 0.1) is 29.1 Å². The molecular formula is C34H26N2O5. The summed E-state index contributed by atoms with van der Waals surface area (Å²) in [6.45, 7) is 1.96. The standard InChI is InChI=1S/C34H26N2O5/c1-19(37)33-18-34(33)23-16-24(38)28-29(30(23)36-25(33)14-7-2-3-8-15-26(34)39)32(41)27-20(10-9-13-22(27)31(28)40)17-35-21-11-5-4-6-12-21/h2-6,9-13,16,19,25-26,35-39H,17-18H2,1H3/b3-2-/t19-,25+,26-,33-,34-/m1/s1. The Balaban J connectivity index is 1.43. The highest BCUT2D eigenvalue weighted by Crippen LogP contribution is 2.74. The molecule has 1 heterocycles. The molecule has 0 aromatic heterocycles. The minimum atomic E-state index is -1.21. The monoisotopic (exact) mass is 542 g/mol. The number of fused-ring (bicyclic) bond motifs is 4. The number of hydrogen-bond donors (Lipinski definition) is 5. The van der Waals surface area contributed by atoms with E-state index in [-0.39, 0.29) is 28.0 Å². The van der Waals surface area contributed by atoms with E-state index in [1.165, 1.54) is 6.07 Å². The number of benzene rings is 3. The summed E-state index contributed by atoms with van der Waals surface area (Å²) in [5.74, 6) is 10.6. The third-order valence-corrected chi connectivity index (χ3v) is 9.11. The molecule has 3 aromatic rings. The van der Waals surface area contributed by atoms with E-state index in [4.69, 9.17) is 0 Å². The lowest BCUT2D eigenvalue weighted by Crippen LogP contribution is -2.50. The van der Waals surface area contributed by atoms with Gasteiger partial charge < -0.3 is 26.0 Å². The molecule has 7 heteroatoms. The van der Waals surface area contributed by atoms with Crippen LogP contribution in [0.15, 0.2) is 66.7 Å². The maximum atomic E-state index is 14.4. The van der Waals surface area contributed by atoms with Crippen molar-refractivity contribution in [3.05, 3.63) is 100 Å². The zero-order valence-electron chi connectivity index (χ0n) is 22.2. The van der Waals surface area contributed by atoms with Gasteiger partial charge in [0, 0.05) is 34.2 Å². The van der Waals surface area contributed by atoms with Crippen LogP contribution in [0.25, 0.3) is 0 Å². The summed E-state index contributed by atoms with van der Waals surface area (Å²) in [7, 11) is 0. The van der Waals surface area contributed by atoms with Crippen LogP contribution in [-0.4, -0.2) is 45.1 Å². The summed E-state index contributed by atoms with van der Waals surface area (Å²) in [4.78, 5) is 28.3. The van der Waals surface area contributed by atoms with Crippen LogP contribution in [0.1, 0.15) is 56.3 Å². The first-order chi connectivity index (χ1) is 19.8. The number of anilines is 2. The van der Waals surface area contributed by atoms with Gasteiger partial charge in [-0.15, -0.1) is 0 Å². The molecule has 1 fully saturated rings. The Kier molecular flexibility index (Phi) is 5.43. The van der Waals surface area contributed by atoms with Gasteiger partial charge in [-0.2, -0.15) is 0 Å². The Morgan fingerprint density at radius 3 is 2.51 bits per heavy atom. The molecule has 0 amide bonds. The SMILES string of the molecule is C[C@@H](O)[C@@]12C[C@]13c1cc(O)c4c(c1N[C@H]2C#C/C=C\C#C[C@H]3O)C(=O)c1c(CNc2ccccc2)cccc1C4=O. The molecule has 0 saturated heterocycles. The smallest absolute Gasteiger partial charge is 0.198 e. The van der Waals surface area contributed by atoms with Gasteiger partial charge in [0.15, 0.2) is 11.6 Å². The molecule has 5 atom stereocenters. The number of aliphatic hydroxyl groups is 2. The maximum absolute atomic E-state index is 14.4. The Bertz CT molecular complexity index is 1820. The first-order valence-electron chi connectivity index (χ1n) is 13.5. The highest BCUT2D eigenvalue weighted by molar-refractivity contribution is 6.32. The van der Waals surface area contributed by atoms with E-state index in [1.54, 1.807) is 37.3 Å². The van der Waals surface area contributed by atoms with Crippen LogP contribution in [0.5, 0.6) is 5.75 Å². The first-order valence-corrected chi connectivity index (χ1v) is 13.5. The molecule has 7 rings (SSSR count). The summed E-state index contributed by atoms with van der Waals surface area (Å²) < 4.78 is 0. The summed E-state index contributed by atoms with van der Waals surface area (Å²) in [5.41, 5.74) is 0.736. The highest BCUT2D eigenvalue weighted by Gasteiger charge is 2.79. The molecule has 5 N–H and O–H groups in total. The fraction of sp³-hybridized carbons (Fsp3) is 0.235. The molecule has 1 saturated carbocycles. The van der Waals surface area contributed by atoms with E-state index >= 15 is 0 Å². The fourth-order valence-corrected chi connectivity index (χ4v) is 7.13. The number of aromatic hydroxyl groups is 1. The van der Waals surface area contributed by atoms with E-state index in [1.807, 2.05) is 30.3 Å². The Morgan fingerprint density at radius 2 is 1.76 bits per heavy atom. The van der Waals surface area contributed by atoms with Gasteiger partial charge in [-0.25, -0.2) is 0 Å². The Morgan fingerprint density at radius 1 is 1.00 bits per heavy atom. The average Bonchev–Trinajstić information content (AvgIpc) is 3.70. The number of ketones is 2. The minimum absolute atomic E-state index is 0.0506. The van der Waals surface area contributed by atoms with Crippen molar-refractivity contribution in [3.8, 4) is 29.4 Å². The number of allylic oxidation sites excluding steroid dienone is 2. The van der Waals surface area contributed by atoms with Gasteiger partial charge in [0.1, 0.15) is 11.9 Å². The molecule has 3 aromatic carbocycles. The molecule has 0 unspecified atom stereocenters. The molecule has 4 aliphatic rings. The van der Waals surface area contributed by atoms with Crippen molar-refractivity contribution < 1.29 is 24.9 Å². The van der Waals surface area contributed by atoms with Crippen molar-refractivity contribution in [2.75, 3.05) is 10.6 Å². The number of nitrogens with one attached hydrogen (secondary N) is 2. The van der Waals surface area contributed by atoms with Gasteiger partial charge in [0.2, 0.25) is 0 Å². The molecule has 3 aliphatic carbocycles. The summed E-state index contributed by atoms with van der Waals surface area (Å²) in [6.07, 6.45) is 1.35. The Labute approximate surface area is 236 Å². The fourth-order valence-electron chi connectivity index (χ4n) is 7.13. The van der Waals surface area contributed by atoms with Crippen LogP contribution in [0.4, 0.5) is 11.4 Å². The largest absolute Gasteiger partial charge is 0.507 e. The second-order valence-electron chi connectivity index (χ2n) is 11.0. The topological polar surface area (TPSA) is 119 Å². The average molecular weight is 543 g/mol. The van der Waals surface area contributed by atoms with Crippen molar-refractivity contribution >= 4 is 22.9 Å². The van der Waals surface area contributed by atoms with Crippen molar-refractivity contribution in [3.63, 3.8) is 0 Å². The maximum Gasteiger partial charge on any atom is 0.198 e. The van der Waals surface area contributed by atoms with Crippen molar-refractivity contribution in [1.82, 2.24) is 0 Å². The normalized spacial score (nSPS) is 27.6. The van der Waals surface area contributed by atoms with E-state index in [9.17, 15) is 24.9 Å². The number of carbonyl (C=O) groups excluding carboxylic acids is 2. The lowest BCUT2D eigenvalue weighted by Gasteiger charge is -2.42. The number of carbonyl (C=O) groups is 2. The first kappa shape index (κ1) is 25.2. The van der Waals surface area contributed by atoms with Crippen LogP contribution in [0.2, 0.25) is 0 Å². The number of rotatable bonds is 4. The van der Waals surface area contributed by atoms with Gasteiger partial charge in [-0.3, -0.25) is 9.59 Å². The molecule has 7 nitrogen and oxygen atoms in total. The van der Waals surface area contributed by atoms with E-state index < -0.39 is 40.6 Å². The number of phenols is 1. The van der Waals surface area contributed by atoms with Gasteiger partial charge >= 0.3 is 0 Å². The van der Waals surface area contributed by atoms with Crippen LogP contribution < -0.4 is 10.6 Å². The molecule has 202 valence electrons. The summed E-state index contributed by atoms with van der Waals surface area (Å²) in [5, 5.41) is 40.5. The Hall–Kier alpha value is -4.82. The predicted octanol–water partition coefficient (Wildman–Crippen LogP) is 3.52. The molecular weight excluding hydrogens is 516 g/mol. The van der Waals surface area contributed by atoms with Crippen LogP contribution in [0.3, 0.4) is 0 Å². The van der Waals surface area contributed by atoms with Gasteiger partial charge in [-0.1, -0.05) is 60.1 Å². The lowest BCUT2D eigenvalue weighted by molar-refractivity contribution is 0.0603. The number of para-hydroxylation sites is 1. The van der Waals surface area contributed by atoms with Crippen LogP contribution >= 0.6 is 0 Å². The quantitative estimate of drug-likeness (QED) is 0.198. The third-order valence-electron chi connectivity index (χ3n) is 9.11. The zero-order chi connectivity index (χ0) is 28.5. The second-order valence-corrected chi connectivity index (χ2v) is 11.0. The number of aliphatic hydroxyl groups excluding tert-OH is 2. The number of phenolic OH excluding ortho intramolecular Hbond substituents is 1. The molecule has 0 spiro atoms. The van der Waals surface area contributed by atoms with E-state index in [0.29, 0.717) is 29.8 Å². The zero-order valence-corrected chi connectivity index (χ0v) is 22.2. The van der Waals surface area contributed by atoms with E-state index in [2.05, 4.69) is 34.3 Å². The van der Waals surface area contributed by atoms with Crippen molar-refractivity contribution in [2.45, 2.75) is 43.6 Å². The van der Waals surface area contributed by atoms with Gasteiger partial charge in [0.05, 0.1) is 29.0 Å². The second kappa shape index (κ2) is 8.84.